The average molecular weight is 415 g/mol. The Balaban J connectivity index is 2.14. The summed E-state index contributed by atoms with van der Waals surface area (Å²) in [6.45, 7) is 0. The van der Waals surface area contributed by atoms with Crippen LogP contribution in [0.1, 0.15) is 0 Å². The molecule has 0 saturated carbocycles. The summed E-state index contributed by atoms with van der Waals surface area (Å²) in [5.41, 5.74) is 0. The van der Waals surface area contributed by atoms with Crippen molar-refractivity contribution in [3.05, 3.63) is 120 Å². The van der Waals surface area contributed by atoms with Crippen LogP contribution < -0.4 is 17.6 Å². The van der Waals surface area contributed by atoms with E-state index in [4.69, 9.17) is 11.6 Å². The van der Waals surface area contributed by atoms with Crippen molar-refractivity contribution in [1.82, 2.24) is 0 Å². The molecule has 0 aromatic heterocycles. The van der Waals surface area contributed by atoms with Crippen LogP contribution in [-0.2, 0) is 0 Å². The van der Waals surface area contributed by atoms with Gasteiger partial charge < -0.3 is 0 Å². The van der Waals surface area contributed by atoms with Gasteiger partial charge in [0.1, 0.15) is 0 Å². The first-order valence-electron chi connectivity index (χ1n) is 8.74. The second-order valence-corrected chi connectivity index (χ2v) is 14.8. The third-order valence-electron chi connectivity index (χ3n) is 4.88. The molecule has 0 aliphatic rings. The van der Waals surface area contributed by atoms with E-state index in [9.17, 15) is 0 Å². The monoisotopic (exact) mass is 416 g/mol. The van der Waals surface area contributed by atoms with Gasteiger partial charge in [-0.3, -0.25) is 0 Å². The zero-order valence-corrected chi connectivity index (χ0v) is 17.2. The Morgan fingerprint density at radius 1 is 0.423 bits per heavy atom. The van der Waals surface area contributed by atoms with Gasteiger partial charge in [-0.05, 0) is 0 Å². The van der Waals surface area contributed by atoms with E-state index in [1.54, 1.807) is 0 Å². The zero-order valence-electron chi connectivity index (χ0n) is 14.3. The molecule has 0 atom stereocenters. The van der Waals surface area contributed by atoms with E-state index in [1.807, 2.05) is 6.07 Å². The topological polar surface area (TPSA) is 0 Å². The first kappa shape index (κ1) is 17.1. The third kappa shape index (κ3) is 3.00. The predicted molar refractivity (Wildman–Crippen MR) is 115 cm³/mol. The molecule has 4 aromatic rings. The molecular formula is C24H19ClGe. The summed E-state index contributed by atoms with van der Waals surface area (Å²) in [7, 11) is 0. The zero-order chi connectivity index (χ0) is 17.8. The second kappa shape index (κ2) is 7.53. The molecule has 126 valence electrons. The summed E-state index contributed by atoms with van der Waals surface area (Å²) in [5, 5.41) is 0.792. The van der Waals surface area contributed by atoms with Gasteiger partial charge in [-0.1, -0.05) is 0 Å². The van der Waals surface area contributed by atoms with E-state index in [1.165, 1.54) is 17.6 Å². The Morgan fingerprint density at radius 3 is 1.19 bits per heavy atom. The van der Waals surface area contributed by atoms with Gasteiger partial charge in [0.15, 0.2) is 0 Å². The van der Waals surface area contributed by atoms with Gasteiger partial charge in [-0.2, -0.15) is 0 Å². The predicted octanol–water partition coefficient (Wildman–Crippen LogP) is 3.72. The fourth-order valence-corrected chi connectivity index (χ4v) is 14.2. The Kier molecular flexibility index (Phi) is 4.96. The van der Waals surface area contributed by atoms with Crippen molar-refractivity contribution in [1.29, 1.82) is 0 Å². The molecule has 0 heterocycles. The number of halogens is 1. The molecule has 4 aromatic carbocycles. The molecule has 0 aliphatic carbocycles. The van der Waals surface area contributed by atoms with Crippen LogP contribution in [0.25, 0.3) is 0 Å². The molecule has 26 heavy (non-hydrogen) atoms. The first-order valence-corrected chi connectivity index (χ1v) is 13.3. The van der Waals surface area contributed by atoms with Crippen molar-refractivity contribution < 1.29 is 0 Å². The molecule has 0 spiro atoms. The van der Waals surface area contributed by atoms with E-state index in [2.05, 4.69) is 109 Å². The van der Waals surface area contributed by atoms with Gasteiger partial charge >= 0.3 is 163 Å². The molecule has 0 amide bonds. The summed E-state index contributed by atoms with van der Waals surface area (Å²) in [6.07, 6.45) is 0. The van der Waals surface area contributed by atoms with Gasteiger partial charge in [-0.15, -0.1) is 0 Å². The van der Waals surface area contributed by atoms with Crippen molar-refractivity contribution in [2.75, 3.05) is 0 Å². The van der Waals surface area contributed by atoms with E-state index < -0.39 is 13.3 Å². The van der Waals surface area contributed by atoms with Crippen LogP contribution in [-0.4, -0.2) is 13.3 Å². The first-order chi connectivity index (χ1) is 12.8. The maximum absolute atomic E-state index is 6.44. The normalized spacial score (nSPS) is 11.3. The van der Waals surface area contributed by atoms with Crippen molar-refractivity contribution in [3.63, 3.8) is 0 Å². The number of hydrogen-bond acceptors (Lipinski definition) is 0. The minimum atomic E-state index is -3.11. The molecule has 0 aliphatic heterocycles. The Morgan fingerprint density at radius 2 is 0.808 bits per heavy atom. The minimum absolute atomic E-state index is 0.792. The quantitative estimate of drug-likeness (QED) is 0.446. The SMILES string of the molecule is Clc1ccc[c]([Ge]([c]2ccccc2)([c]2ccccc2)[c]2ccccc2)c1. The Bertz CT molecular complexity index is 885. The fraction of sp³-hybridized carbons (Fsp3) is 0. The fourth-order valence-electron chi connectivity index (χ4n) is 3.79. The molecule has 4 rings (SSSR count). The second-order valence-electron chi connectivity index (χ2n) is 6.36. The van der Waals surface area contributed by atoms with Gasteiger partial charge in [-0.25, -0.2) is 0 Å². The summed E-state index contributed by atoms with van der Waals surface area (Å²) in [5.74, 6) is 0. The van der Waals surface area contributed by atoms with Crippen LogP contribution in [0, 0.1) is 0 Å². The summed E-state index contributed by atoms with van der Waals surface area (Å²) in [6, 6.07) is 41.2. The summed E-state index contributed by atoms with van der Waals surface area (Å²) < 4.78 is 5.58. The van der Waals surface area contributed by atoms with Crippen LogP contribution in [0.4, 0.5) is 0 Å². The Hall–Kier alpha value is -2.29. The summed E-state index contributed by atoms with van der Waals surface area (Å²) >= 11 is 3.33. The van der Waals surface area contributed by atoms with E-state index in [-0.39, 0.29) is 0 Å². The molecule has 0 radical (unpaired) electrons. The molecule has 0 bridgehead atoms. The van der Waals surface area contributed by atoms with E-state index in [0.29, 0.717) is 0 Å². The Labute approximate surface area is 162 Å². The van der Waals surface area contributed by atoms with E-state index in [0.717, 1.165) is 5.02 Å². The molecule has 2 heteroatoms. The number of benzene rings is 4. The molecule has 0 fully saturated rings. The van der Waals surface area contributed by atoms with Crippen molar-refractivity contribution in [2.24, 2.45) is 0 Å². The molecule has 0 nitrogen and oxygen atoms in total. The average Bonchev–Trinajstić information content (AvgIpc) is 2.71. The van der Waals surface area contributed by atoms with Crippen molar-refractivity contribution >= 4 is 42.5 Å². The van der Waals surface area contributed by atoms with Crippen molar-refractivity contribution in [2.45, 2.75) is 0 Å². The van der Waals surface area contributed by atoms with Crippen LogP contribution in [0.15, 0.2) is 115 Å². The van der Waals surface area contributed by atoms with Gasteiger partial charge in [0.2, 0.25) is 0 Å². The van der Waals surface area contributed by atoms with Gasteiger partial charge in [0, 0.05) is 0 Å². The number of hydrogen-bond donors (Lipinski definition) is 0. The van der Waals surface area contributed by atoms with Gasteiger partial charge in [0.25, 0.3) is 0 Å². The molecule has 0 N–H and O–H groups in total. The standard InChI is InChI=1S/C24H19ClGe/c25-20-11-10-18-24(19-20)26(21-12-4-1-5-13-21,22-14-6-2-7-15-22)23-16-8-3-9-17-23/h1-19H. The van der Waals surface area contributed by atoms with Crippen LogP contribution in [0.2, 0.25) is 5.02 Å². The summed E-state index contributed by atoms with van der Waals surface area (Å²) in [4.78, 5) is 0. The van der Waals surface area contributed by atoms with E-state index >= 15 is 0 Å². The maximum atomic E-state index is 6.44. The molecular weight excluding hydrogens is 396 g/mol. The number of rotatable bonds is 4. The molecule has 0 saturated heterocycles. The van der Waals surface area contributed by atoms with Crippen LogP contribution in [0.3, 0.4) is 0 Å². The van der Waals surface area contributed by atoms with Crippen LogP contribution in [0.5, 0.6) is 0 Å². The van der Waals surface area contributed by atoms with Crippen molar-refractivity contribution in [3.8, 4) is 0 Å². The third-order valence-corrected chi connectivity index (χ3v) is 15.1. The molecule has 0 unspecified atom stereocenters. The van der Waals surface area contributed by atoms with Crippen LogP contribution >= 0.6 is 11.6 Å². The van der Waals surface area contributed by atoms with Gasteiger partial charge in [0.05, 0.1) is 0 Å².